The lowest BCUT2D eigenvalue weighted by Gasteiger charge is -2.31. The molecule has 2 bridgehead atoms. The molecule has 0 spiro atoms. The smallest absolute Gasteiger partial charge is 0.225 e. The number of allylic oxidation sites excluding steroid dienone is 2. The van der Waals surface area contributed by atoms with Gasteiger partial charge in [-0.25, -0.2) is 0 Å². The highest BCUT2D eigenvalue weighted by atomic mass is 35.5. The largest absolute Gasteiger partial charge is 0.378 e. The molecule has 35 heavy (non-hydrogen) atoms. The van der Waals surface area contributed by atoms with Crippen LogP contribution in [0.3, 0.4) is 0 Å². The summed E-state index contributed by atoms with van der Waals surface area (Å²) in [5.74, 6) is 0.627. The lowest BCUT2D eigenvalue weighted by atomic mass is 9.82. The summed E-state index contributed by atoms with van der Waals surface area (Å²) in [6, 6.07) is 15.0. The van der Waals surface area contributed by atoms with Gasteiger partial charge in [-0.05, 0) is 91.1 Å². The molecule has 2 aromatic carbocycles. The first-order valence-corrected chi connectivity index (χ1v) is 13.1. The van der Waals surface area contributed by atoms with Crippen LogP contribution in [0.25, 0.3) is 11.1 Å². The highest BCUT2D eigenvalue weighted by Gasteiger charge is 2.34. The van der Waals surface area contributed by atoms with Crippen LogP contribution < -0.4 is 10.7 Å². The van der Waals surface area contributed by atoms with Crippen molar-refractivity contribution in [1.82, 2.24) is 10.3 Å². The minimum absolute atomic E-state index is 0.145. The average Bonchev–Trinajstić information content (AvgIpc) is 3.72. The minimum atomic E-state index is 0.145. The highest BCUT2D eigenvalue weighted by molar-refractivity contribution is 6.30. The van der Waals surface area contributed by atoms with Crippen LogP contribution in [-0.2, 0) is 4.79 Å². The van der Waals surface area contributed by atoms with E-state index >= 15 is 0 Å². The molecule has 2 N–H and O–H groups in total. The number of halogens is 1. The van der Waals surface area contributed by atoms with Crippen LogP contribution in [-0.4, -0.2) is 29.6 Å². The summed E-state index contributed by atoms with van der Waals surface area (Å²) >= 11 is 6.29. The molecular weight excluding hydrogens is 456 g/mol. The van der Waals surface area contributed by atoms with Crippen molar-refractivity contribution in [2.45, 2.75) is 51.5 Å². The number of carbonyl (C=O) groups is 1. The Bertz CT molecular complexity index is 1270. The van der Waals surface area contributed by atoms with Gasteiger partial charge in [0, 0.05) is 47.5 Å². The molecule has 6 rings (SSSR count). The number of nitrogens with one attached hydrogen (secondary N) is 2. The Morgan fingerprint density at radius 3 is 2.80 bits per heavy atom. The van der Waals surface area contributed by atoms with E-state index in [1.807, 2.05) is 23.1 Å². The summed E-state index contributed by atoms with van der Waals surface area (Å²) in [7, 11) is 0. The van der Waals surface area contributed by atoms with E-state index < -0.39 is 0 Å². The van der Waals surface area contributed by atoms with Crippen molar-refractivity contribution in [1.29, 1.82) is 0 Å². The lowest BCUT2D eigenvalue weighted by Crippen LogP contribution is -2.35. The van der Waals surface area contributed by atoms with E-state index in [4.69, 9.17) is 11.6 Å². The maximum absolute atomic E-state index is 12.5. The maximum atomic E-state index is 12.5. The Morgan fingerprint density at radius 1 is 1.14 bits per heavy atom. The molecule has 2 aromatic rings. The normalized spacial score (nSPS) is 21.8. The molecule has 2 heterocycles. The summed E-state index contributed by atoms with van der Waals surface area (Å²) in [6.07, 6.45) is 8.08. The molecule has 0 radical (unpaired) electrons. The molecule has 4 aliphatic rings. The van der Waals surface area contributed by atoms with Gasteiger partial charge in [-0.2, -0.15) is 5.10 Å². The molecule has 1 atom stereocenters. The minimum Gasteiger partial charge on any atom is -0.378 e. The number of amides is 1. The van der Waals surface area contributed by atoms with Crippen molar-refractivity contribution in [2.75, 3.05) is 18.4 Å². The van der Waals surface area contributed by atoms with Crippen molar-refractivity contribution < 1.29 is 4.79 Å². The fraction of sp³-hybridized carbons (Fsp3) is 0.379. The van der Waals surface area contributed by atoms with Crippen molar-refractivity contribution in [3.8, 4) is 0 Å². The molecule has 1 fully saturated rings. The first-order valence-electron chi connectivity index (χ1n) is 12.7. The number of hydrazone groups is 1. The number of fused-ring (bicyclic) bond motifs is 4. The van der Waals surface area contributed by atoms with Gasteiger partial charge in [0.15, 0.2) is 0 Å². The molecule has 5 nitrogen and oxygen atoms in total. The second kappa shape index (κ2) is 9.19. The first kappa shape index (κ1) is 22.4. The standard InChI is InChI=1S/C29H31ClN4O/c1-18-26-17-24(33-32-18)8-10-28(31-23-4-2-3-22(30)16-23)27-15-21(7-9-25(26)27)19-11-13-34(14-12-19)29(35)20-5-6-20/h2-4,7,9,11,15-16,20,28,31-32H,5-6,8,10,12-14,17H2,1H3. The van der Waals surface area contributed by atoms with Gasteiger partial charge in [0.25, 0.3) is 0 Å². The third-order valence-electron chi connectivity index (χ3n) is 7.67. The highest BCUT2D eigenvalue weighted by Crippen LogP contribution is 2.40. The summed E-state index contributed by atoms with van der Waals surface area (Å²) in [4.78, 5) is 14.5. The molecule has 1 unspecified atom stereocenters. The first-order chi connectivity index (χ1) is 17.0. The van der Waals surface area contributed by atoms with E-state index in [9.17, 15) is 4.79 Å². The fourth-order valence-electron chi connectivity index (χ4n) is 5.49. The lowest BCUT2D eigenvalue weighted by molar-refractivity contribution is -0.132. The number of carbonyl (C=O) groups excluding carboxylic acids is 1. The number of anilines is 1. The molecule has 180 valence electrons. The molecule has 2 aliphatic carbocycles. The number of hydrogen-bond acceptors (Lipinski definition) is 4. The molecule has 0 saturated heterocycles. The number of benzene rings is 2. The third-order valence-corrected chi connectivity index (χ3v) is 7.91. The molecule has 2 aliphatic heterocycles. The molecule has 6 heteroatoms. The molecule has 0 aromatic heterocycles. The van der Waals surface area contributed by atoms with Gasteiger partial charge in [-0.3, -0.25) is 10.2 Å². The van der Waals surface area contributed by atoms with Crippen LogP contribution in [0.15, 0.2) is 59.3 Å². The Morgan fingerprint density at radius 2 is 2.03 bits per heavy atom. The van der Waals surface area contributed by atoms with E-state index in [0.29, 0.717) is 5.91 Å². The van der Waals surface area contributed by atoms with Gasteiger partial charge in [0.05, 0.1) is 6.04 Å². The Labute approximate surface area is 211 Å². The third kappa shape index (κ3) is 4.62. The van der Waals surface area contributed by atoms with E-state index in [0.717, 1.165) is 68.0 Å². The fourth-order valence-corrected chi connectivity index (χ4v) is 5.68. The van der Waals surface area contributed by atoms with Crippen LogP contribution in [0.5, 0.6) is 0 Å². The maximum Gasteiger partial charge on any atom is 0.225 e. The summed E-state index contributed by atoms with van der Waals surface area (Å²) in [5, 5.41) is 9.11. The summed E-state index contributed by atoms with van der Waals surface area (Å²) < 4.78 is 0. The van der Waals surface area contributed by atoms with Crippen LogP contribution in [0.4, 0.5) is 5.69 Å². The predicted octanol–water partition coefficient (Wildman–Crippen LogP) is 6.39. The SMILES string of the molecule is CC1=C2CC(=NN1)CCC(Nc1cccc(Cl)c1)c1cc(C3=CCN(C(=O)C4CC4)CC3)ccc12. The zero-order valence-corrected chi connectivity index (χ0v) is 20.9. The Balaban J connectivity index is 1.36. The molecular formula is C29H31ClN4O. The van der Waals surface area contributed by atoms with Crippen LogP contribution in [0, 0.1) is 5.92 Å². The summed E-state index contributed by atoms with van der Waals surface area (Å²) in [5.41, 5.74) is 13.1. The zero-order valence-electron chi connectivity index (χ0n) is 20.1. The topological polar surface area (TPSA) is 56.7 Å². The monoisotopic (exact) mass is 486 g/mol. The van der Waals surface area contributed by atoms with Gasteiger partial charge in [0.1, 0.15) is 0 Å². The van der Waals surface area contributed by atoms with E-state index in [1.165, 1.54) is 33.5 Å². The second-order valence-electron chi connectivity index (χ2n) is 10.2. The Hall–Kier alpha value is -3.05. The van der Waals surface area contributed by atoms with Crippen LogP contribution in [0.2, 0.25) is 5.02 Å². The number of nitrogens with zero attached hydrogens (tertiary/aromatic N) is 2. The molecule has 1 saturated carbocycles. The van der Waals surface area contributed by atoms with Gasteiger partial charge in [0.2, 0.25) is 5.91 Å². The number of rotatable bonds is 4. The second-order valence-corrected chi connectivity index (χ2v) is 10.6. The Kier molecular flexibility index (Phi) is 5.89. The quantitative estimate of drug-likeness (QED) is 0.526. The molecule has 1 amide bonds. The van der Waals surface area contributed by atoms with Gasteiger partial charge < -0.3 is 10.2 Å². The van der Waals surface area contributed by atoms with Crippen molar-refractivity contribution in [2.24, 2.45) is 11.0 Å². The van der Waals surface area contributed by atoms with Gasteiger partial charge in [-0.15, -0.1) is 0 Å². The van der Waals surface area contributed by atoms with Gasteiger partial charge in [-0.1, -0.05) is 35.9 Å². The number of hydrogen-bond donors (Lipinski definition) is 2. The van der Waals surface area contributed by atoms with E-state index in [-0.39, 0.29) is 12.0 Å². The van der Waals surface area contributed by atoms with E-state index in [1.54, 1.807) is 0 Å². The van der Waals surface area contributed by atoms with Crippen molar-refractivity contribution >= 4 is 40.1 Å². The van der Waals surface area contributed by atoms with Crippen LogP contribution in [0.1, 0.15) is 68.2 Å². The van der Waals surface area contributed by atoms with Crippen molar-refractivity contribution in [3.05, 3.63) is 76.0 Å². The predicted molar refractivity (Wildman–Crippen MR) is 143 cm³/mol. The average molecular weight is 487 g/mol. The van der Waals surface area contributed by atoms with Crippen LogP contribution >= 0.6 is 11.6 Å². The van der Waals surface area contributed by atoms with Crippen molar-refractivity contribution in [3.63, 3.8) is 0 Å². The van der Waals surface area contributed by atoms with E-state index in [2.05, 4.69) is 53.1 Å². The van der Waals surface area contributed by atoms with Gasteiger partial charge >= 0.3 is 0 Å². The summed E-state index contributed by atoms with van der Waals surface area (Å²) in [6.45, 7) is 3.65. The zero-order chi connectivity index (χ0) is 23.9.